The molecule has 1 amide bonds. The summed E-state index contributed by atoms with van der Waals surface area (Å²) in [5, 5.41) is 3.38. The van der Waals surface area contributed by atoms with Crippen molar-refractivity contribution in [3.8, 4) is 0 Å². The van der Waals surface area contributed by atoms with Crippen LogP contribution in [0.4, 0.5) is 0 Å². The summed E-state index contributed by atoms with van der Waals surface area (Å²) in [7, 11) is 0. The third kappa shape index (κ3) is 4.63. The van der Waals surface area contributed by atoms with Crippen molar-refractivity contribution in [2.75, 3.05) is 39.4 Å². The lowest BCUT2D eigenvalue weighted by Gasteiger charge is -2.26. The van der Waals surface area contributed by atoms with Crippen LogP contribution < -0.4 is 11.1 Å². The maximum Gasteiger partial charge on any atom is 0.248 e. The third-order valence-corrected chi connectivity index (χ3v) is 3.25. The first-order chi connectivity index (χ1) is 9.25. The minimum absolute atomic E-state index is 0.379. The van der Waals surface area contributed by atoms with Crippen LogP contribution in [-0.2, 0) is 11.3 Å². The summed E-state index contributed by atoms with van der Waals surface area (Å²) in [5.74, 6) is -0.379. The topological polar surface area (TPSA) is 67.6 Å². The number of morpholine rings is 1. The van der Waals surface area contributed by atoms with E-state index in [-0.39, 0.29) is 5.91 Å². The van der Waals surface area contributed by atoms with Crippen molar-refractivity contribution >= 4 is 5.91 Å². The normalized spacial score (nSPS) is 16.4. The van der Waals surface area contributed by atoms with E-state index in [0.29, 0.717) is 5.56 Å². The highest BCUT2D eigenvalue weighted by Crippen LogP contribution is 2.04. The van der Waals surface area contributed by atoms with E-state index >= 15 is 0 Å². The lowest BCUT2D eigenvalue weighted by atomic mass is 10.1. The molecule has 0 saturated carbocycles. The standard InChI is InChI=1S/C14H21N3O2/c15-14(18)13-3-1-2-12(10-13)11-16-4-5-17-6-8-19-9-7-17/h1-3,10,16H,4-9,11H2,(H2,15,18). The Bertz CT molecular complexity index is 417. The van der Waals surface area contributed by atoms with Crippen LogP contribution in [0.3, 0.4) is 0 Å². The van der Waals surface area contributed by atoms with Gasteiger partial charge in [-0.2, -0.15) is 0 Å². The fourth-order valence-corrected chi connectivity index (χ4v) is 2.13. The first-order valence-electron chi connectivity index (χ1n) is 6.65. The summed E-state index contributed by atoms with van der Waals surface area (Å²) in [6, 6.07) is 7.43. The molecule has 1 aliphatic heterocycles. The Balaban J connectivity index is 1.70. The van der Waals surface area contributed by atoms with Crippen LogP contribution in [0.15, 0.2) is 24.3 Å². The predicted molar refractivity (Wildman–Crippen MR) is 73.9 cm³/mol. The molecule has 104 valence electrons. The number of amides is 1. The molecule has 5 nitrogen and oxygen atoms in total. The number of nitrogens with two attached hydrogens (primary N) is 1. The molecule has 19 heavy (non-hydrogen) atoms. The van der Waals surface area contributed by atoms with Gasteiger partial charge in [-0.25, -0.2) is 0 Å². The Kier molecular flexibility index (Phi) is 5.32. The molecule has 1 aromatic carbocycles. The number of carbonyl (C=O) groups is 1. The number of nitrogens with one attached hydrogen (secondary N) is 1. The van der Waals surface area contributed by atoms with Gasteiger partial charge >= 0.3 is 0 Å². The Morgan fingerprint density at radius 3 is 2.89 bits per heavy atom. The van der Waals surface area contributed by atoms with E-state index in [0.717, 1.165) is 51.5 Å². The summed E-state index contributed by atoms with van der Waals surface area (Å²) < 4.78 is 5.31. The molecule has 0 bridgehead atoms. The number of primary amides is 1. The van der Waals surface area contributed by atoms with E-state index in [1.54, 1.807) is 6.07 Å². The minimum atomic E-state index is -0.379. The second kappa shape index (κ2) is 7.23. The van der Waals surface area contributed by atoms with Crippen molar-refractivity contribution < 1.29 is 9.53 Å². The van der Waals surface area contributed by atoms with Crippen LogP contribution in [0, 0.1) is 0 Å². The molecule has 0 atom stereocenters. The van der Waals surface area contributed by atoms with Gasteiger partial charge in [0.2, 0.25) is 5.91 Å². The van der Waals surface area contributed by atoms with Gasteiger partial charge in [0.1, 0.15) is 0 Å². The molecule has 5 heteroatoms. The number of benzene rings is 1. The summed E-state index contributed by atoms with van der Waals surface area (Å²) in [6.45, 7) is 6.41. The molecule has 1 aromatic rings. The number of ether oxygens (including phenoxy) is 1. The average Bonchev–Trinajstić information content (AvgIpc) is 2.45. The van der Waals surface area contributed by atoms with E-state index in [1.807, 2.05) is 18.2 Å². The molecular formula is C14H21N3O2. The molecule has 0 aromatic heterocycles. The van der Waals surface area contributed by atoms with Gasteiger partial charge in [-0.1, -0.05) is 12.1 Å². The first-order valence-corrected chi connectivity index (χ1v) is 6.65. The minimum Gasteiger partial charge on any atom is -0.379 e. The molecule has 2 rings (SSSR count). The van der Waals surface area contributed by atoms with Crippen LogP contribution in [0.2, 0.25) is 0 Å². The third-order valence-electron chi connectivity index (χ3n) is 3.25. The molecule has 1 aliphatic rings. The van der Waals surface area contributed by atoms with Crippen molar-refractivity contribution in [2.24, 2.45) is 5.73 Å². The zero-order chi connectivity index (χ0) is 13.5. The Hall–Kier alpha value is -1.43. The van der Waals surface area contributed by atoms with Gasteiger partial charge in [0, 0.05) is 38.3 Å². The largest absolute Gasteiger partial charge is 0.379 e. The van der Waals surface area contributed by atoms with Crippen LogP contribution in [0.25, 0.3) is 0 Å². The molecule has 1 saturated heterocycles. The highest BCUT2D eigenvalue weighted by Gasteiger charge is 2.09. The fraction of sp³-hybridized carbons (Fsp3) is 0.500. The molecule has 3 N–H and O–H groups in total. The highest BCUT2D eigenvalue weighted by atomic mass is 16.5. The average molecular weight is 263 g/mol. The molecular weight excluding hydrogens is 242 g/mol. The van der Waals surface area contributed by atoms with Gasteiger partial charge in [-0.15, -0.1) is 0 Å². The van der Waals surface area contributed by atoms with Gasteiger partial charge in [0.25, 0.3) is 0 Å². The first kappa shape index (κ1) is 14.0. The van der Waals surface area contributed by atoms with E-state index in [1.165, 1.54) is 0 Å². The fourth-order valence-electron chi connectivity index (χ4n) is 2.13. The van der Waals surface area contributed by atoms with Crippen molar-refractivity contribution in [3.63, 3.8) is 0 Å². The zero-order valence-electron chi connectivity index (χ0n) is 11.1. The summed E-state index contributed by atoms with van der Waals surface area (Å²) in [6.07, 6.45) is 0. The van der Waals surface area contributed by atoms with Crippen LogP contribution in [0.1, 0.15) is 15.9 Å². The van der Waals surface area contributed by atoms with E-state index in [9.17, 15) is 4.79 Å². The maximum absolute atomic E-state index is 11.1. The lowest BCUT2D eigenvalue weighted by molar-refractivity contribution is 0.0384. The molecule has 0 unspecified atom stereocenters. The zero-order valence-corrected chi connectivity index (χ0v) is 11.1. The predicted octanol–water partition coefficient (Wildman–Crippen LogP) is 0.207. The van der Waals surface area contributed by atoms with Crippen LogP contribution in [-0.4, -0.2) is 50.2 Å². The summed E-state index contributed by atoms with van der Waals surface area (Å²) in [5.41, 5.74) is 6.90. The molecule has 0 aliphatic carbocycles. The summed E-state index contributed by atoms with van der Waals surface area (Å²) in [4.78, 5) is 13.5. The molecule has 0 radical (unpaired) electrons. The Morgan fingerprint density at radius 2 is 2.16 bits per heavy atom. The number of carbonyl (C=O) groups excluding carboxylic acids is 1. The second-order valence-corrected chi connectivity index (χ2v) is 4.70. The van der Waals surface area contributed by atoms with Crippen molar-refractivity contribution in [1.82, 2.24) is 10.2 Å². The lowest BCUT2D eigenvalue weighted by Crippen LogP contribution is -2.40. The number of rotatable bonds is 6. The molecule has 1 fully saturated rings. The highest BCUT2D eigenvalue weighted by molar-refractivity contribution is 5.92. The van der Waals surface area contributed by atoms with E-state index in [2.05, 4.69) is 10.2 Å². The number of nitrogens with zero attached hydrogens (tertiary/aromatic N) is 1. The van der Waals surface area contributed by atoms with Crippen LogP contribution >= 0.6 is 0 Å². The SMILES string of the molecule is NC(=O)c1cccc(CNCCN2CCOCC2)c1. The second-order valence-electron chi connectivity index (χ2n) is 4.70. The van der Waals surface area contributed by atoms with Crippen molar-refractivity contribution in [3.05, 3.63) is 35.4 Å². The van der Waals surface area contributed by atoms with Gasteiger partial charge in [0.15, 0.2) is 0 Å². The number of hydrogen-bond donors (Lipinski definition) is 2. The summed E-state index contributed by atoms with van der Waals surface area (Å²) >= 11 is 0. The van der Waals surface area contributed by atoms with Crippen LogP contribution in [0.5, 0.6) is 0 Å². The number of hydrogen-bond acceptors (Lipinski definition) is 4. The Labute approximate surface area is 113 Å². The van der Waals surface area contributed by atoms with Gasteiger partial charge in [-0.05, 0) is 17.7 Å². The van der Waals surface area contributed by atoms with Gasteiger partial charge in [-0.3, -0.25) is 9.69 Å². The molecule has 1 heterocycles. The van der Waals surface area contributed by atoms with Gasteiger partial charge in [0.05, 0.1) is 13.2 Å². The molecule has 0 spiro atoms. The Morgan fingerprint density at radius 1 is 1.37 bits per heavy atom. The van der Waals surface area contributed by atoms with E-state index in [4.69, 9.17) is 10.5 Å². The van der Waals surface area contributed by atoms with E-state index < -0.39 is 0 Å². The smallest absolute Gasteiger partial charge is 0.248 e. The monoisotopic (exact) mass is 263 g/mol. The quantitative estimate of drug-likeness (QED) is 0.720. The maximum atomic E-state index is 11.1. The van der Waals surface area contributed by atoms with Gasteiger partial charge < -0.3 is 15.8 Å². The van der Waals surface area contributed by atoms with Crippen molar-refractivity contribution in [2.45, 2.75) is 6.54 Å². The van der Waals surface area contributed by atoms with Crippen molar-refractivity contribution in [1.29, 1.82) is 0 Å².